The summed E-state index contributed by atoms with van der Waals surface area (Å²) in [4.78, 5) is 24.6. The maximum absolute atomic E-state index is 11.9. The number of aliphatic carboxylic acids is 1. The molecule has 0 saturated carbocycles. The van der Waals surface area contributed by atoms with E-state index in [4.69, 9.17) is 10.3 Å². The van der Waals surface area contributed by atoms with Crippen molar-refractivity contribution < 1.29 is 27.7 Å². The Morgan fingerprint density at radius 2 is 2.20 bits per heavy atom. The van der Waals surface area contributed by atoms with Gasteiger partial charge in [0.2, 0.25) is 11.1 Å². The second kappa shape index (κ2) is 6.56. The van der Waals surface area contributed by atoms with Gasteiger partial charge in [-0.2, -0.15) is 8.42 Å². The lowest BCUT2D eigenvalue weighted by atomic mass is 10.0. The highest BCUT2D eigenvalue weighted by Gasteiger charge is 2.51. The molecule has 3 rings (SSSR count). The molecule has 0 radical (unpaired) electrons. The molecule has 0 spiro atoms. The quantitative estimate of drug-likeness (QED) is 0.273. The van der Waals surface area contributed by atoms with E-state index in [9.17, 15) is 23.1 Å². The van der Waals surface area contributed by atoms with Crippen LogP contribution >= 0.6 is 23.5 Å². The third-order valence-electron chi connectivity index (χ3n) is 3.45. The van der Waals surface area contributed by atoms with Gasteiger partial charge in [-0.1, -0.05) is 11.8 Å². The van der Waals surface area contributed by atoms with Gasteiger partial charge < -0.3 is 10.8 Å². The number of carboxylic acids is 1. The lowest BCUT2D eigenvalue weighted by Gasteiger charge is -2.48. The Labute approximate surface area is 149 Å². The van der Waals surface area contributed by atoms with Gasteiger partial charge in [-0.15, -0.1) is 16.9 Å². The largest absolute Gasteiger partial charge is 0.477 e. The highest BCUT2D eigenvalue weighted by atomic mass is 32.2. The Morgan fingerprint density at radius 3 is 2.84 bits per heavy atom. The van der Waals surface area contributed by atoms with E-state index >= 15 is 0 Å². The van der Waals surface area contributed by atoms with Gasteiger partial charge in [0.25, 0.3) is 10.1 Å². The molecule has 2 aliphatic heterocycles. The summed E-state index contributed by atoms with van der Waals surface area (Å²) in [6.45, 7) is 0. The zero-order valence-electron chi connectivity index (χ0n) is 12.3. The van der Waals surface area contributed by atoms with E-state index in [-0.39, 0.29) is 16.6 Å². The number of rotatable bonds is 6. The number of carbonyl (C=O) groups excluding carboxylic acids is 1. The Kier molecular flexibility index (Phi) is 4.76. The molecule has 3 heterocycles. The molecule has 1 saturated heterocycles. The molecule has 136 valence electrons. The lowest BCUT2D eigenvalue weighted by Crippen LogP contribution is -2.68. The highest BCUT2D eigenvalue weighted by molar-refractivity contribution is 8.01. The molecule has 25 heavy (non-hydrogen) atoms. The van der Waals surface area contributed by atoms with Crippen molar-refractivity contribution >= 4 is 45.5 Å². The molecule has 0 unspecified atom stereocenters. The van der Waals surface area contributed by atoms with Crippen LogP contribution in [0.2, 0.25) is 0 Å². The number of nitrogens with two attached hydrogens (primary N) is 1. The molecule has 0 aliphatic carbocycles. The van der Waals surface area contributed by atoms with Crippen LogP contribution in [-0.4, -0.2) is 78.0 Å². The van der Waals surface area contributed by atoms with Crippen LogP contribution in [0.15, 0.2) is 16.4 Å². The van der Waals surface area contributed by atoms with Crippen molar-refractivity contribution in [2.45, 2.75) is 22.4 Å². The van der Waals surface area contributed by atoms with Crippen LogP contribution in [0.3, 0.4) is 0 Å². The first-order valence-electron chi connectivity index (χ1n) is 6.68. The fourth-order valence-corrected chi connectivity index (χ4v) is 5.25. The summed E-state index contributed by atoms with van der Waals surface area (Å²) in [5, 5.41) is 19.6. The number of amides is 1. The molecule has 1 aromatic heterocycles. The van der Waals surface area contributed by atoms with Crippen molar-refractivity contribution in [3.8, 4) is 0 Å². The van der Waals surface area contributed by atoms with Gasteiger partial charge in [0.05, 0.1) is 0 Å². The monoisotopic (exact) mass is 408 g/mol. The van der Waals surface area contributed by atoms with Gasteiger partial charge in [-0.05, 0) is 16.0 Å². The van der Waals surface area contributed by atoms with Crippen LogP contribution in [0.4, 0.5) is 0 Å². The fraction of sp³-hybridized carbons (Fsp3) is 0.500. The van der Waals surface area contributed by atoms with Crippen molar-refractivity contribution in [1.82, 2.24) is 25.1 Å². The lowest BCUT2D eigenvalue weighted by molar-refractivity contribution is -0.147. The van der Waals surface area contributed by atoms with Crippen LogP contribution < -0.4 is 5.73 Å². The summed E-state index contributed by atoms with van der Waals surface area (Å²) in [5.74, 6) is -2.02. The van der Waals surface area contributed by atoms with Gasteiger partial charge in [0.1, 0.15) is 17.1 Å². The number of hydrogen-bond acceptors (Lipinski definition) is 10. The first-order valence-corrected chi connectivity index (χ1v) is 10.3. The van der Waals surface area contributed by atoms with Gasteiger partial charge in [-0.25, -0.2) is 9.48 Å². The number of fused-ring (bicyclic) bond motifs is 1. The van der Waals surface area contributed by atoms with Crippen LogP contribution in [-0.2, 0) is 25.6 Å². The molecule has 4 N–H and O–H groups in total. The molecule has 1 fully saturated rings. The van der Waals surface area contributed by atoms with Crippen LogP contribution in [0.1, 0.15) is 0 Å². The number of nitrogens with zero attached hydrogens (tertiary/aromatic N) is 5. The third-order valence-corrected chi connectivity index (χ3v) is 6.43. The van der Waals surface area contributed by atoms with Crippen LogP contribution in [0.5, 0.6) is 0 Å². The number of aromatic nitrogens is 4. The van der Waals surface area contributed by atoms with Crippen molar-refractivity contribution in [3.63, 3.8) is 0 Å². The summed E-state index contributed by atoms with van der Waals surface area (Å²) >= 11 is 2.36. The van der Waals surface area contributed by atoms with Gasteiger partial charge in [-0.3, -0.25) is 14.2 Å². The van der Waals surface area contributed by atoms with Crippen molar-refractivity contribution in [2.24, 2.45) is 5.73 Å². The number of hydrogen-bond donors (Lipinski definition) is 3. The topological polar surface area (TPSA) is 182 Å². The van der Waals surface area contributed by atoms with Gasteiger partial charge in [0, 0.05) is 11.5 Å². The predicted molar refractivity (Wildman–Crippen MR) is 85.8 cm³/mol. The SMILES string of the molecule is N[C@H]1C(=O)N2C(C(=O)O)=C(CSc3nnnn3CS(=O)(=O)O)CS[C@@H]12. The van der Waals surface area contributed by atoms with E-state index < -0.39 is 39.3 Å². The third kappa shape index (κ3) is 3.50. The van der Waals surface area contributed by atoms with E-state index in [1.165, 1.54) is 11.8 Å². The standard InChI is InChI=1S/C10H12N6O6S3/c11-5-7(17)16-6(9(18)19)4(1-23-8(5)16)2-24-10-12-13-14-15(10)3-25(20,21)22/h5,8H,1-3,11H2,(H,18,19)(H,20,21,22)/t5-,8-/m0/s1. The number of β-lactam (4-membered cyclic amide) rings is 1. The Hall–Kier alpha value is -1.68. The first-order chi connectivity index (χ1) is 11.7. The second-order valence-electron chi connectivity index (χ2n) is 5.15. The van der Waals surface area contributed by atoms with Gasteiger partial charge >= 0.3 is 5.97 Å². The smallest absolute Gasteiger partial charge is 0.352 e. The van der Waals surface area contributed by atoms with Gasteiger partial charge in [0.15, 0.2) is 5.88 Å². The number of tetrazole rings is 1. The minimum absolute atomic E-state index is 0.0913. The van der Waals surface area contributed by atoms with E-state index in [0.717, 1.165) is 21.3 Å². The molecule has 15 heteroatoms. The maximum Gasteiger partial charge on any atom is 0.352 e. The highest BCUT2D eigenvalue weighted by Crippen LogP contribution is 2.40. The van der Waals surface area contributed by atoms with E-state index in [2.05, 4.69) is 15.5 Å². The molecule has 0 bridgehead atoms. The van der Waals surface area contributed by atoms with E-state index in [1.807, 2.05) is 0 Å². The summed E-state index contributed by atoms with van der Waals surface area (Å²) in [5.41, 5.74) is 6.03. The zero-order valence-corrected chi connectivity index (χ0v) is 14.8. The Morgan fingerprint density at radius 1 is 1.48 bits per heavy atom. The normalized spacial score (nSPS) is 23.4. The van der Waals surface area contributed by atoms with Crippen molar-refractivity contribution in [3.05, 3.63) is 11.3 Å². The first kappa shape index (κ1) is 18.1. The molecule has 12 nitrogen and oxygen atoms in total. The van der Waals surface area contributed by atoms with E-state index in [1.54, 1.807) is 0 Å². The van der Waals surface area contributed by atoms with E-state index in [0.29, 0.717) is 11.3 Å². The summed E-state index contributed by atoms with van der Waals surface area (Å²) in [6.07, 6.45) is 0. The minimum atomic E-state index is -4.33. The Bertz CT molecular complexity index is 866. The molecule has 1 aromatic rings. The summed E-state index contributed by atoms with van der Waals surface area (Å²) < 4.78 is 31.6. The molecule has 0 aromatic carbocycles. The second-order valence-corrected chi connectivity index (χ2v) is 8.62. The van der Waals surface area contributed by atoms with Crippen molar-refractivity contribution in [1.29, 1.82) is 0 Å². The number of carbonyl (C=O) groups is 2. The number of carboxylic acid groups (broad SMARTS) is 1. The molecular formula is C10H12N6O6S3. The van der Waals surface area contributed by atoms with Crippen LogP contribution in [0.25, 0.3) is 0 Å². The summed E-state index contributed by atoms with van der Waals surface area (Å²) in [6, 6.07) is -0.712. The zero-order chi connectivity index (χ0) is 18.4. The fourth-order valence-electron chi connectivity index (χ4n) is 2.38. The van der Waals surface area contributed by atoms with Crippen molar-refractivity contribution in [2.75, 3.05) is 11.5 Å². The van der Waals surface area contributed by atoms with Crippen LogP contribution in [0, 0.1) is 0 Å². The predicted octanol–water partition coefficient (Wildman–Crippen LogP) is -1.81. The average Bonchev–Trinajstić information content (AvgIpc) is 2.96. The molecule has 1 amide bonds. The molecular weight excluding hydrogens is 396 g/mol. The Balaban J connectivity index is 1.79. The minimum Gasteiger partial charge on any atom is -0.477 e. The average molecular weight is 408 g/mol. The number of thioether (sulfide) groups is 2. The molecule has 2 aliphatic rings. The maximum atomic E-state index is 11.9. The summed E-state index contributed by atoms with van der Waals surface area (Å²) in [7, 11) is -4.33. The molecule has 2 atom stereocenters.